The molecule has 0 aliphatic heterocycles. The van der Waals surface area contributed by atoms with Crippen LogP contribution in [0, 0.1) is 5.82 Å². The van der Waals surface area contributed by atoms with E-state index in [4.69, 9.17) is 0 Å². The fourth-order valence-electron chi connectivity index (χ4n) is 6.74. The van der Waals surface area contributed by atoms with Crippen molar-refractivity contribution in [1.82, 2.24) is 9.13 Å². The van der Waals surface area contributed by atoms with Crippen molar-refractivity contribution in [3.05, 3.63) is 145 Å². The van der Waals surface area contributed by atoms with E-state index in [9.17, 15) is 0 Å². The number of hydrogen-bond donors (Lipinski definition) is 0. The molecule has 0 bridgehead atoms. The van der Waals surface area contributed by atoms with E-state index >= 15 is 4.39 Å². The number of aromatic nitrogens is 2. The SMILES string of the molecule is Fc1cc2c(c3ccccc3n2-c2ccc3ccccc3c2)c2c3ccccc3n(-c3ccc4ccccc4c3)c12. The van der Waals surface area contributed by atoms with Crippen molar-refractivity contribution in [2.75, 3.05) is 0 Å². The van der Waals surface area contributed by atoms with Gasteiger partial charge in [0.1, 0.15) is 5.82 Å². The predicted molar refractivity (Wildman–Crippen MR) is 170 cm³/mol. The number of halogens is 1. The molecule has 2 aromatic heterocycles. The lowest BCUT2D eigenvalue weighted by atomic mass is 10.0. The third-order valence-corrected chi connectivity index (χ3v) is 8.51. The molecule has 3 heteroatoms. The van der Waals surface area contributed by atoms with E-state index in [2.05, 4.69) is 118 Å². The molecule has 0 saturated heterocycles. The molecule has 2 heterocycles. The van der Waals surface area contributed by atoms with Gasteiger partial charge in [0.15, 0.2) is 0 Å². The summed E-state index contributed by atoms with van der Waals surface area (Å²) in [5.74, 6) is -0.235. The van der Waals surface area contributed by atoms with Gasteiger partial charge in [0, 0.05) is 39.0 Å². The summed E-state index contributed by atoms with van der Waals surface area (Å²) in [5.41, 5.74) is 5.50. The Morgan fingerprint density at radius 2 is 0.878 bits per heavy atom. The summed E-state index contributed by atoms with van der Waals surface area (Å²) >= 11 is 0. The minimum Gasteiger partial charge on any atom is -0.309 e. The molecule has 0 aliphatic rings. The minimum absolute atomic E-state index is 0.235. The second-order valence-corrected chi connectivity index (χ2v) is 10.7. The van der Waals surface area contributed by atoms with Crippen LogP contribution in [0.15, 0.2) is 140 Å². The molecule has 0 N–H and O–H groups in total. The van der Waals surface area contributed by atoms with Crippen molar-refractivity contribution in [1.29, 1.82) is 0 Å². The molecule has 0 radical (unpaired) electrons. The van der Waals surface area contributed by atoms with Gasteiger partial charge in [-0.15, -0.1) is 0 Å². The van der Waals surface area contributed by atoms with Crippen LogP contribution < -0.4 is 0 Å². The van der Waals surface area contributed by atoms with Crippen molar-refractivity contribution >= 4 is 65.2 Å². The van der Waals surface area contributed by atoms with Gasteiger partial charge in [-0.25, -0.2) is 4.39 Å². The van der Waals surface area contributed by atoms with E-state index in [1.54, 1.807) is 6.07 Å². The molecule has 0 spiro atoms. The molecule has 2 nitrogen and oxygen atoms in total. The molecule has 0 amide bonds. The first-order valence-corrected chi connectivity index (χ1v) is 13.9. The number of benzene rings is 7. The molecule has 0 unspecified atom stereocenters. The third-order valence-electron chi connectivity index (χ3n) is 8.51. The van der Waals surface area contributed by atoms with Gasteiger partial charge in [0.05, 0.1) is 22.1 Å². The molecule has 9 aromatic rings. The zero-order valence-electron chi connectivity index (χ0n) is 22.1. The van der Waals surface area contributed by atoms with Crippen LogP contribution in [-0.2, 0) is 0 Å². The Labute approximate surface area is 235 Å². The Morgan fingerprint density at radius 3 is 1.51 bits per heavy atom. The molecule has 0 fully saturated rings. The van der Waals surface area contributed by atoms with Gasteiger partial charge in [-0.3, -0.25) is 0 Å². The molecule has 9 rings (SSSR count). The lowest BCUT2D eigenvalue weighted by molar-refractivity contribution is 0.636. The van der Waals surface area contributed by atoms with E-state index < -0.39 is 0 Å². The van der Waals surface area contributed by atoms with Crippen molar-refractivity contribution < 1.29 is 4.39 Å². The molecule has 7 aromatic carbocycles. The molecular formula is C38H23FN2. The van der Waals surface area contributed by atoms with E-state index in [1.165, 1.54) is 10.8 Å². The van der Waals surface area contributed by atoms with Gasteiger partial charge in [0.25, 0.3) is 0 Å². The summed E-state index contributed by atoms with van der Waals surface area (Å²) in [5, 5.41) is 8.81. The maximum atomic E-state index is 16.7. The largest absolute Gasteiger partial charge is 0.309 e. The predicted octanol–water partition coefficient (Wildman–Crippen LogP) is 10.3. The van der Waals surface area contributed by atoms with Gasteiger partial charge in [-0.1, -0.05) is 97.1 Å². The topological polar surface area (TPSA) is 9.86 Å². The lowest BCUT2D eigenvalue weighted by Crippen LogP contribution is -1.97. The number of hydrogen-bond acceptors (Lipinski definition) is 0. The van der Waals surface area contributed by atoms with Gasteiger partial charge in [0.2, 0.25) is 0 Å². The van der Waals surface area contributed by atoms with Gasteiger partial charge < -0.3 is 9.13 Å². The quantitative estimate of drug-likeness (QED) is 0.212. The molecule has 192 valence electrons. The maximum absolute atomic E-state index is 16.7. The number of rotatable bonds is 2. The van der Waals surface area contributed by atoms with Crippen LogP contribution in [0.5, 0.6) is 0 Å². The van der Waals surface area contributed by atoms with Crippen molar-refractivity contribution in [2.45, 2.75) is 0 Å². The lowest BCUT2D eigenvalue weighted by Gasteiger charge is -2.11. The highest BCUT2D eigenvalue weighted by Crippen LogP contribution is 2.43. The standard InChI is InChI=1S/C38H23FN2/c39-32-23-35-36(30-13-5-7-15-33(30)40(35)28-19-17-24-9-1-3-11-26(24)21-28)37-31-14-6-8-16-34(31)41(38(32)37)29-20-18-25-10-2-4-12-27(25)22-29/h1-23H. The van der Waals surface area contributed by atoms with Gasteiger partial charge in [-0.05, 0) is 57.9 Å². The Bertz CT molecular complexity index is 2500. The Morgan fingerprint density at radius 1 is 0.390 bits per heavy atom. The van der Waals surface area contributed by atoms with Crippen LogP contribution in [0.4, 0.5) is 4.39 Å². The first kappa shape index (κ1) is 22.4. The van der Waals surface area contributed by atoms with E-state index in [-0.39, 0.29) is 5.82 Å². The van der Waals surface area contributed by atoms with Gasteiger partial charge in [-0.2, -0.15) is 0 Å². The highest BCUT2D eigenvalue weighted by molar-refractivity contribution is 6.29. The summed E-state index contributed by atoms with van der Waals surface area (Å²) in [4.78, 5) is 0. The Balaban J connectivity index is 1.46. The fourth-order valence-corrected chi connectivity index (χ4v) is 6.74. The summed E-state index contributed by atoms with van der Waals surface area (Å²) in [6, 6.07) is 48.0. The van der Waals surface area contributed by atoms with E-state index in [0.717, 1.165) is 60.2 Å². The van der Waals surface area contributed by atoms with Crippen LogP contribution in [0.1, 0.15) is 0 Å². The fraction of sp³-hybridized carbons (Fsp3) is 0. The van der Waals surface area contributed by atoms with Crippen LogP contribution in [-0.4, -0.2) is 9.13 Å². The average Bonchev–Trinajstić information content (AvgIpc) is 3.54. The van der Waals surface area contributed by atoms with Crippen LogP contribution in [0.25, 0.3) is 76.5 Å². The maximum Gasteiger partial charge on any atom is 0.149 e. The van der Waals surface area contributed by atoms with Crippen LogP contribution in [0.2, 0.25) is 0 Å². The van der Waals surface area contributed by atoms with Crippen molar-refractivity contribution in [2.24, 2.45) is 0 Å². The Kier molecular flexibility index (Phi) is 4.53. The Hall–Kier alpha value is -5.41. The average molecular weight is 527 g/mol. The second kappa shape index (κ2) is 8.30. The number of fused-ring (bicyclic) bond motifs is 9. The van der Waals surface area contributed by atoms with Crippen molar-refractivity contribution in [3.63, 3.8) is 0 Å². The summed E-state index contributed by atoms with van der Waals surface area (Å²) in [6.07, 6.45) is 0. The zero-order valence-corrected chi connectivity index (χ0v) is 22.1. The highest BCUT2D eigenvalue weighted by Gasteiger charge is 2.23. The monoisotopic (exact) mass is 526 g/mol. The van der Waals surface area contributed by atoms with Crippen LogP contribution in [0.3, 0.4) is 0 Å². The minimum atomic E-state index is -0.235. The first-order valence-electron chi connectivity index (χ1n) is 13.9. The smallest absolute Gasteiger partial charge is 0.149 e. The zero-order chi connectivity index (χ0) is 27.1. The second-order valence-electron chi connectivity index (χ2n) is 10.7. The summed E-state index contributed by atoms with van der Waals surface area (Å²) in [7, 11) is 0. The highest BCUT2D eigenvalue weighted by atomic mass is 19.1. The van der Waals surface area contributed by atoms with Crippen LogP contribution >= 0.6 is 0 Å². The molecule has 0 atom stereocenters. The first-order chi connectivity index (χ1) is 20.3. The van der Waals surface area contributed by atoms with E-state index in [0.29, 0.717) is 5.52 Å². The molecule has 41 heavy (non-hydrogen) atoms. The summed E-state index contributed by atoms with van der Waals surface area (Å²) in [6.45, 7) is 0. The normalized spacial score (nSPS) is 12.0. The summed E-state index contributed by atoms with van der Waals surface area (Å²) < 4.78 is 21.0. The third kappa shape index (κ3) is 3.12. The molecule has 0 saturated carbocycles. The molecule has 0 aliphatic carbocycles. The van der Waals surface area contributed by atoms with E-state index in [1.807, 2.05) is 24.3 Å². The van der Waals surface area contributed by atoms with Gasteiger partial charge >= 0.3 is 0 Å². The van der Waals surface area contributed by atoms with Crippen molar-refractivity contribution in [3.8, 4) is 11.4 Å². The number of para-hydroxylation sites is 2. The molecular weight excluding hydrogens is 503 g/mol. The number of nitrogens with zero attached hydrogens (tertiary/aromatic N) is 2.